The minimum Gasteiger partial charge on any atom is -0.361 e. The molecule has 2 heterocycles. The topological polar surface area (TPSA) is 85.3 Å². The Hall–Kier alpha value is -1.21. The zero-order valence-corrected chi connectivity index (χ0v) is 11.5. The molecule has 1 saturated heterocycles. The smallest absolute Gasteiger partial charge is 0.311 e. The maximum atomic E-state index is 11.1. The fourth-order valence-electron chi connectivity index (χ4n) is 2.38. The van der Waals surface area contributed by atoms with Gasteiger partial charge in [-0.1, -0.05) is 0 Å². The summed E-state index contributed by atoms with van der Waals surface area (Å²) in [5, 5.41) is 11.1. The Balaban J connectivity index is 2.44. The Morgan fingerprint density at radius 3 is 3.00 bits per heavy atom. The van der Waals surface area contributed by atoms with Crippen LogP contribution in [0.5, 0.6) is 0 Å². The van der Waals surface area contributed by atoms with Gasteiger partial charge in [0, 0.05) is 25.3 Å². The van der Waals surface area contributed by atoms with Gasteiger partial charge in [-0.15, -0.1) is 0 Å². The standard InChI is InChI=1S/C11H15BrN4O2/c12-9-6-14-7-10(16(17)18)11(9)15-4-2-1-3-8(15)5-13/h6-8H,1-5,13H2. The van der Waals surface area contributed by atoms with Gasteiger partial charge in [-0.2, -0.15) is 0 Å². The first-order chi connectivity index (χ1) is 8.65. The van der Waals surface area contributed by atoms with Crippen molar-refractivity contribution in [2.45, 2.75) is 25.3 Å². The number of piperidine rings is 1. The van der Waals surface area contributed by atoms with Crippen molar-refractivity contribution in [1.82, 2.24) is 4.98 Å². The van der Waals surface area contributed by atoms with Crippen LogP contribution in [0.1, 0.15) is 19.3 Å². The lowest BCUT2D eigenvalue weighted by Gasteiger charge is -2.36. The van der Waals surface area contributed by atoms with Gasteiger partial charge in [0.2, 0.25) is 0 Å². The van der Waals surface area contributed by atoms with Crippen LogP contribution in [0.3, 0.4) is 0 Å². The Kier molecular flexibility index (Phi) is 4.13. The van der Waals surface area contributed by atoms with Crippen LogP contribution in [0.2, 0.25) is 0 Å². The van der Waals surface area contributed by atoms with Crippen molar-refractivity contribution < 1.29 is 4.92 Å². The van der Waals surface area contributed by atoms with Crippen LogP contribution >= 0.6 is 15.9 Å². The Morgan fingerprint density at radius 1 is 1.56 bits per heavy atom. The molecule has 0 aliphatic carbocycles. The number of hydrogen-bond acceptors (Lipinski definition) is 5. The molecule has 0 bridgehead atoms. The zero-order valence-electron chi connectivity index (χ0n) is 9.88. The average Bonchev–Trinajstić information content (AvgIpc) is 2.38. The Labute approximate surface area is 113 Å². The minimum atomic E-state index is -0.394. The summed E-state index contributed by atoms with van der Waals surface area (Å²) in [6.45, 7) is 1.30. The van der Waals surface area contributed by atoms with Gasteiger partial charge in [0.1, 0.15) is 11.9 Å². The van der Waals surface area contributed by atoms with Crippen molar-refractivity contribution in [2.24, 2.45) is 5.73 Å². The summed E-state index contributed by atoms with van der Waals surface area (Å²) in [6.07, 6.45) is 6.01. The molecule has 1 aromatic rings. The van der Waals surface area contributed by atoms with Gasteiger partial charge in [0.05, 0.1) is 9.40 Å². The predicted molar refractivity (Wildman–Crippen MR) is 72.6 cm³/mol. The molecule has 2 N–H and O–H groups in total. The molecule has 98 valence electrons. The number of halogens is 1. The van der Waals surface area contributed by atoms with Crippen LogP contribution < -0.4 is 10.6 Å². The van der Waals surface area contributed by atoms with Crippen molar-refractivity contribution in [2.75, 3.05) is 18.0 Å². The second-order valence-electron chi connectivity index (χ2n) is 4.32. The Morgan fingerprint density at radius 2 is 2.33 bits per heavy atom. The van der Waals surface area contributed by atoms with E-state index in [4.69, 9.17) is 5.73 Å². The van der Waals surface area contributed by atoms with Crippen LogP contribution in [-0.2, 0) is 0 Å². The molecule has 0 spiro atoms. The van der Waals surface area contributed by atoms with Crippen LogP contribution in [0.4, 0.5) is 11.4 Å². The molecule has 7 heteroatoms. The third-order valence-electron chi connectivity index (χ3n) is 3.24. The van der Waals surface area contributed by atoms with E-state index < -0.39 is 4.92 Å². The summed E-state index contributed by atoms with van der Waals surface area (Å²) in [4.78, 5) is 16.6. The number of nitrogens with zero attached hydrogens (tertiary/aromatic N) is 3. The van der Waals surface area contributed by atoms with Gasteiger partial charge in [-0.25, -0.2) is 0 Å². The average molecular weight is 315 g/mol. The molecule has 0 amide bonds. The fourth-order valence-corrected chi connectivity index (χ4v) is 2.92. The first-order valence-corrected chi connectivity index (χ1v) is 6.69. The molecule has 1 fully saturated rings. The van der Waals surface area contributed by atoms with Crippen LogP contribution in [0.25, 0.3) is 0 Å². The second-order valence-corrected chi connectivity index (χ2v) is 5.18. The normalized spacial score (nSPS) is 19.9. The number of rotatable bonds is 3. The summed E-state index contributed by atoms with van der Waals surface area (Å²) in [5.74, 6) is 0. The first-order valence-electron chi connectivity index (χ1n) is 5.89. The quantitative estimate of drug-likeness (QED) is 0.682. The highest BCUT2D eigenvalue weighted by molar-refractivity contribution is 9.10. The molecular formula is C11H15BrN4O2. The van der Waals surface area contributed by atoms with E-state index in [-0.39, 0.29) is 11.7 Å². The second kappa shape index (κ2) is 5.62. The number of anilines is 1. The summed E-state index contributed by atoms with van der Waals surface area (Å²) >= 11 is 3.36. The molecule has 6 nitrogen and oxygen atoms in total. The van der Waals surface area contributed by atoms with Crippen LogP contribution in [0.15, 0.2) is 16.9 Å². The molecule has 1 aliphatic heterocycles. The maximum Gasteiger partial charge on any atom is 0.311 e. The molecule has 1 aromatic heterocycles. The SMILES string of the molecule is NCC1CCCCN1c1c(Br)cncc1[N+](=O)[O-]. The van der Waals surface area contributed by atoms with Gasteiger partial charge in [-0.05, 0) is 35.2 Å². The van der Waals surface area contributed by atoms with E-state index in [1.807, 2.05) is 4.90 Å². The third-order valence-corrected chi connectivity index (χ3v) is 3.82. The summed E-state index contributed by atoms with van der Waals surface area (Å²) in [7, 11) is 0. The van der Waals surface area contributed by atoms with E-state index in [0.29, 0.717) is 16.7 Å². The van der Waals surface area contributed by atoms with E-state index in [9.17, 15) is 10.1 Å². The summed E-state index contributed by atoms with van der Waals surface area (Å²) in [6, 6.07) is 0.163. The van der Waals surface area contributed by atoms with Crippen molar-refractivity contribution in [3.63, 3.8) is 0 Å². The fraction of sp³-hybridized carbons (Fsp3) is 0.545. The molecule has 1 unspecified atom stereocenters. The molecular weight excluding hydrogens is 300 g/mol. The van der Waals surface area contributed by atoms with Crippen LogP contribution in [-0.4, -0.2) is 29.0 Å². The third kappa shape index (κ3) is 2.46. The van der Waals surface area contributed by atoms with Gasteiger partial charge >= 0.3 is 5.69 Å². The monoisotopic (exact) mass is 314 g/mol. The number of hydrogen-bond donors (Lipinski definition) is 1. The highest BCUT2D eigenvalue weighted by Gasteiger charge is 2.29. The van der Waals surface area contributed by atoms with E-state index >= 15 is 0 Å². The van der Waals surface area contributed by atoms with Gasteiger partial charge in [-0.3, -0.25) is 15.1 Å². The molecule has 1 aliphatic rings. The van der Waals surface area contributed by atoms with E-state index in [1.54, 1.807) is 6.20 Å². The Bertz CT molecular complexity index is 455. The minimum absolute atomic E-state index is 0.0322. The predicted octanol–water partition coefficient (Wildman–Crippen LogP) is 2.07. The van der Waals surface area contributed by atoms with Crippen molar-refractivity contribution in [1.29, 1.82) is 0 Å². The van der Waals surface area contributed by atoms with E-state index in [2.05, 4.69) is 20.9 Å². The molecule has 0 aromatic carbocycles. The molecule has 18 heavy (non-hydrogen) atoms. The van der Waals surface area contributed by atoms with Crippen molar-refractivity contribution in [3.05, 3.63) is 27.0 Å². The zero-order chi connectivity index (χ0) is 13.1. The van der Waals surface area contributed by atoms with Gasteiger partial charge in [0.25, 0.3) is 0 Å². The molecule has 2 rings (SSSR count). The van der Waals surface area contributed by atoms with Crippen molar-refractivity contribution >= 4 is 27.3 Å². The number of nitro groups is 1. The van der Waals surface area contributed by atoms with E-state index in [1.165, 1.54) is 6.20 Å². The summed E-state index contributed by atoms with van der Waals surface area (Å²) < 4.78 is 0.650. The highest BCUT2D eigenvalue weighted by atomic mass is 79.9. The lowest BCUT2D eigenvalue weighted by atomic mass is 10.0. The number of nitrogens with two attached hydrogens (primary N) is 1. The largest absolute Gasteiger partial charge is 0.361 e. The highest BCUT2D eigenvalue weighted by Crippen LogP contribution is 2.37. The van der Waals surface area contributed by atoms with Crippen LogP contribution in [0, 0.1) is 10.1 Å². The maximum absolute atomic E-state index is 11.1. The lowest BCUT2D eigenvalue weighted by Crippen LogP contribution is -2.44. The van der Waals surface area contributed by atoms with Gasteiger partial charge < -0.3 is 10.6 Å². The lowest BCUT2D eigenvalue weighted by molar-refractivity contribution is -0.384. The molecule has 1 atom stereocenters. The van der Waals surface area contributed by atoms with Crippen molar-refractivity contribution in [3.8, 4) is 0 Å². The summed E-state index contributed by atoms with van der Waals surface area (Å²) in [5.41, 5.74) is 6.40. The van der Waals surface area contributed by atoms with E-state index in [0.717, 1.165) is 25.8 Å². The molecule has 0 radical (unpaired) electrons. The number of pyridine rings is 1. The molecule has 0 saturated carbocycles. The first kappa shape index (κ1) is 13.2. The number of aromatic nitrogens is 1. The van der Waals surface area contributed by atoms with Gasteiger partial charge in [0.15, 0.2) is 0 Å².